The Kier molecular flexibility index (Phi) is 5.83. The lowest BCUT2D eigenvalue weighted by Crippen LogP contribution is -2.37. The molecule has 0 aromatic rings. The summed E-state index contributed by atoms with van der Waals surface area (Å²) in [6.07, 6.45) is 4.44. The van der Waals surface area contributed by atoms with Crippen LogP contribution in [0.1, 0.15) is 12.8 Å². The molecule has 0 aromatic heterocycles. The molecule has 1 saturated heterocycles. The number of nitrogens with one attached hydrogen (secondary N) is 1. The maximum atomic E-state index is 8.90. The predicted molar refractivity (Wildman–Crippen MR) is 59.3 cm³/mol. The SMILES string of the molecule is C=CCN(CCO)CC1CCNCC1. The van der Waals surface area contributed by atoms with Crippen LogP contribution in [0.25, 0.3) is 0 Å². The summed E-state index contributed by atoms with van der Waals surface area (Å²) in [7, 11) is 0. The summed E-state index contributed by atoms with van der Waals surface area (Å²) in [6.45, 7) is 9.05. The second-order valence-corrected chi connectivity index (χ2v) is 3.97. The van der Waals surface area contributed by atoms with Crippen LogP contribution >= 0.6 is 0 Å². The summed E-state index contributed by atoms with van der Waals surface area (Å²) in [5.41, 5.74) is 0. The van der Waals surface area contributed by atoms with Gasteiger partial charge in [0.2, 0.25) is 0 Å². The summed E-state index contributed by atoms with van der Waals surface area (Å²) >= 11 is 0. The van der Waals surface area contributed by atoms with Gasteiger partial charge in [-0.25, -0.2) is 0 Å². The van der Waals surface area contributed by atoms with Crippen LogP contribution in [0.2, 0.25) is 0 Å². The van der Waals surface area contributed by atoms with Crippen LogP contribution in [0.3, 0.4) is 0 Å². The highest BCUT2D eigenvalue weighted by molar-refractivity contribution is 4.77. The monoisotopic (exact) mass is 198 g/mol. The van der Waals surface area contributed by atoms with Gasteiger partial charge in [0.25, 0.3) is 0 Å². The van der Waals surface area contributed by atoms with Gasteiger partial charge in [0.1, 0.15) is 0 Å². The van der Waals surface area contributed by atoms with E-state index in [-0.39, 0.29) is 6.61 Å². The van der Waals surface area contributed by atoms with E-state index in [4.69, 9.17) is 5.11 Å². The van der Waals surface area contributed by atoms with Gasteiger partial charge in [0.15, 0.2) is 0 Å². The van der Waals surface area contributed by atoms with E-state index < -0.39 is 0 Å². The van der Waals surface area contributed by atoms with Crippen molar-refractivity contribution in [1.82, 2.24) is 10.2 Å². The first kappa shape index (κ1) is 11.7. The Morgan fingerprint density at radius 1 is 1.43 bits per heavy atom. The van der Waals surface area contributed by atoms with Gasteiger partial charge in [-0.15, -0.1) is 6.58 Å². The van der Waals surface area contributed by atoms with Crippen molar-refractivity contribution in [3.8, 4) is 0 Å². The molecule has 3 nitrogen and oxygen atoms in total. The average Bonchev–Trinajstić information content (AvgIpc) is 2.20. The van der Waals surface area contributed by atoms with Crippen molar-refractivity contribution in [2.75, 3.05) is 39.3 Å². The Morgan fingerprint density at radius 2 is 2.14 bits per heavy atom. The van der Waals surface area contributed by atoms with Crippen LogP contribution in [0.15, 0.2) is 12.7 Å². The lowest BCUT2D eigenvalue weighted by molar-refractivity contribution is 0.175. The molecule has 0 aromatic carbocycles. The zero-order valence-electron chi connectivity index (χ0n) is 8.91. The molecule has 3 heteroatoms. The highest BCUT2D eigenvalue weighted by atomic mass is 16.3. The molecule has 82 valence electrons. The molecule has 0 radical (unpaired) electrons. The average molecular weight is 198 g/mol. The van der Waals surface area contributed by atoms with Crippen LogP contribution in [0.4, 0.5) is 0 Å². The number of rotatable bonds is 6. The molecule has 14 heavy (non-hydrogen) atoms. The van der Waals surface area contributed by atoms with E-state index in [9.17, 15) is 0 Å². The van der Waals surface area contributed by atoms with Gasteiger partial charge in [-0.3, -0.25) is 4.90 Å². The van der Waals surface area contributed by atoms with E-state index in [1.807, 2.05) is 6.08 Å². The molecule has 0 aliphatic carbocycles. The van der Waals surface area contributed by atoms with Crippen molar-refractivity contribution in [3.05, 3.63) is 12.7 Å². The second kappa shape index (κ2) is 6.98. The van der Waals surface area contributed by atoms with Gasteiger partial charge in [-0.2, -0.15) is 0 Å². The molecular formula is C11H22N2O. The number of aliphatic hydroxyl groups excluding tert-OH is 1. The van der Waals surface area contributed by atoms with Gasteiger partial charge in [-0.05, 0) is 31.8 Å². The molecule has 0 amide bonds. The maximum Gasteiger partial charge on any atom is 0.0558 e. The summed E-state index contributed by atoms with van der Waals surface area (Å²) in [5, 5.41) is 12.3. The van der Waals surface area contributed by atoms with Crippen LogP contribution in [0.5, 0.6) is 0 Å². The van der Waals surface area contributed by atoms with Crippen molar-refractivity contribution in [1.29, 1.82) is 0 Å². The molecule has 0 spiro atoms. The van der Waals surface area contributed by atoms with Crippen molar-refractivity contribution < 1.29 is 5.11 Å². The Balaban J connectivity index is 2.25. The third-order valence-electron chi connectivity index (χ3n) is 2.78. The van der Waals surface area contributed by atoms with E-state index in [0.29, 0.717) is 0 Å². The molecule has 0 unspecified atom stereocenters. The highest BCUT2D eigenvalue weighted by Gasteiger charge is 2.15. The van der Waals surface area contributed by atoms with Crippen molar-refractivity contribution in [2.45, 2.75) is 12.8 Å². The number of hydrogen-bond acceptors (Lipinski definition) is 3. The van der Waals surface area contributed by atoms with Gasteiger partial charge < -0.3 is 10.4 Å². The van der Waals surface area contributed by atoms with E-state index in [2.05, 4.69) is 16.8 Å². The Bertz CT molecular complexity index is 155. The normalized spacial score (nSPS) is 18.7. The minimum Gasteiger partial charge on any atom is -0.395 e. The summed E-state index contributed by atoms with van der Waals surface area (Å²) < 4.78 is 0. The third-order valence-corrected chi connectivity index (χ3v) is 2.78. The fourth-order valence-corrected chi connectivity index (χ4v) is 2.01. The zero-order valence-corrected chi connectivity index (χ0v) is 8.91. The minimum absolute atomic E-state index is 0.249. The number of piperidine rings is 1. The molecular weight excluding hydrogens is 176 g/mol. The Hall–Kier alpha value is -0.380. The lowest BCUT2D eigenvalue weighted by Gasteiger charge is -2.28. The largest absolute Gasteiger partial charge is 0.395 e. The van der Waals surface area contributed by atoms with Gasteiger partial charge in [0, 0.05) is 19.6 Å². The molecule has 0 atom stereocenters. The molecule has 2 N–H and O–H groups in total. The molecule has 0 bridgehead atoms. The quantitative estimate of drug-likeness (QED) is 0.609. The van der Waals surface area contributed by atoms with Gasteiger partial charge in [-0.1, -0.05) is 6.08 Å². The fraction of sp³-hybridized carbons (Fsp3) is 0.818. The van der Waals surface area contributed by atoms with E-state index in [0.717, 1.165) is 38.6 Å². The third kappa shape index (κ3) is 4.22. The van der Waals surface area contributed by atoms with Crippen molar-refractivity contribution in [3.63, 3.8) is 0 Å². The first-order chi connectivity index (χ1) is 6.86. The minimum atomic E-state index is 0.249. The van der Waals surface area contributed by atoms with Crippen LogP contribution in [-0.4, -0.2) is 49.3 Å². The van der Waals surface area contributed by atoms with Crippen molar-refractivity contribution >= 4 is 0 Å². The van der Waals surface area contributed by atoms with E-state index in [1.165, 1.54) is 12.8 Å². The molecule has 1 heterocycles. The number of nitrogens with zero attached hydrogens (tertiary/aromatic N) is 1. The van der Waals surface area contributed by atoms with Crippen LogP contribution in [-0.2, 0) is 0 Å². The van der Waals surface area contributed by atoms with E-state index >= 15 is 0 Å². The Labute approximate surface area is 86.8 Å². The summed E-state index contributed by atoms with van der Waals surface area (Å²) in [6, 6.07) is 0. The van der Waals surface area contributed by atoms with Gasteiger partial charge in [0.05, 0.1) is 6.61 Å². The first-order valence-electron chi connectivity index (χ1n) is 5.51. The maximum absolute atomic E-state index is 8.90. The molecule has 1 rings (SSSR count). The van der Waals surface area contributed by atoms with Crippen molar-refractivity contribution in [2.24, 2.45) is 5.92 Å². The predicted octanol–water partition coefficient (Wildman–Crippen LogP) is 0.466. The standard InChI is InChI=1S/C11H22N2O/c1-2-7-13(8-9-14)10-11-3-5-12-6-4-11/h2,11-12,14H,1,3-10H2. The topological polar surface area (TPSA) is 35.5 Å². The lowest BCUT2D eigenvalue weighted by atomic mass is 9.97. The smallest absolute Gasteiger partial charge is 0.0558 e. The summed E-state index contributed by atoms with van der Waals surface area (Å²) in [4.78, 5) is 2.28. The van der Waals surface area contributed by atoms with Gasteiger partial charge >= 0.3 is 0 Å². The molecule has 1 aliphatic heterocycles. The molecule has 0 saturated carbocycles. The van der Waals surface area contributed by atoms with Crippen LogP contribution in [0, 0.1) is 5.92 Å². The highest BCUT2D eigenvalue weighted by Crippen LogP contribution is 2.13. The molecule has 1 fully saturated rings. The number of aliphatic hydroxyl groups is 1. The molecule has 1 aliphatic rings. The van der Waals surface area contributed by atoms with Crippen LogP contribution < -0.4 is 5.32 Å². The summed E-state index contributed by atoms with van der Waals surface area (Å²) in [5.74, 6) is 0.794. The number of hydrogen-bond donors (Lipinski definition) is 2. The Morgan fingerprint density at radius 3 is 2.71 bits per heavy atom. The zero-order chi connectivity index (χ0) is 10.2. The second-order valence-electron chi connectivity index (χ2n) is 3.97. The van der Waals surface area contributed by atoms with E-state index in [1.54, 1.807) is 0 Å². The first-order valence-corrected chi connectivity index (χ1v) is 5.51. The fourth-order valence-electron chi connectivity index (χ4n) is 2.01.